The van der Waals surface area contributed by atoms with Gasteiger partial charge in [-0.25, -0.2) is 13.4 Å². The van der Waals surface area contributed by atoms with Crippen LogP contribution in [0, 0.1) is 0 Å². The molecule has 0 unspecified atom stereocenters. The molecule has 0 radical (unpaired) electrons. The monoisotopic (exact) mass is 717 g/mol. The van der Waals surface area contributed by atoms with Gasteiger partial charge in [0.1, 0.15) is 33.4 Å². The van der Waals surface area contributed by atoms with Crippen LogP contribution in [0.3, 0.4) is 0 Å². The quantitative estimate of drug-likeness (QED) is 0.206. The maximum Gasteiger partial charge on any atom is 0.239 e. The van der Waals surface area contributed by atoms with E-state index in [1.54, 1.807) is 31.6 Å². The number of nitrogens with zero attached hydrogens (tertiary/aromatic N) is 9. The average Bonchev–Trinajstić information content (AvgIpc) is 3.60. The molecular formula is C34H43N11O3S2. The Kier molecular flexibility index (Phi) is 9.61. The Morgan fingerprint density at radius 3 is 2.46 bits per heavy atom. The lowest BCUT2D eigenvalue weighted by Crippen LogP contribution is -2.52. The normalized spacial score (nSPS) is 16.6. The minimum atomic E-state index is -3.62. The predicted octanol–water partition coefficient (Wildman–Crippen LogP) is 4.70. The number of hydrogen-bond acceptors (Lipinski definition) is 14. The molecule has 2 fully saturated rings. The number of sulfonamides is 1. The van der Waals surface area contributed by atoms with Crippen LogP contribution < -0.4 is 24.6 Å². The van der Waals surface area contributed by atoms with Crippen LogP contribution in [0.25, 0.3) is 21.3 Å². The van der Waals surface area contributed by atoms with Crippen LogP contribution in [0.2, 0.25) is 0 Å². The van der Waals surface area contributed by atoms with Crippen molar-refractivity contribution in [3.05, 3.63) is 47.6 Å². The summed E-state index contributed by atoms with van der Waals surface area (Å²) in [5.41, 5.74) is 3.69. The van der Waals surface area contributed by atoms with E-state index in [0.29, 0.717) is 51.8 Å². The van der Waals surface area contributed by atoms with Crippen LogP contribution in [0.5, 0.6) is 5.88 Å². The van der Waals surface area contributed by atoms with Crippen molar-refractivity contribution >= 4 is 77.3 Å². The predicted molar refractivity (Wildman–Crippen MR) is 201 cm³/mol. The lowest BCUT2D eigenvalue weighted by Gasteiger charge is -2.42. The Morgan fingerprint density at radius 2 is 1.74 bits per heavy atom. The molecule has 2 N–H and O–H groups in total. The molecule has 1 aromatic carbocycles. The molecule has 4 aromatic heterocycles. The SMILES string of the molecule is CCc1cc(Nc2nc(Nc3ccc4nccnc4c3N(C)S(C)(=O)=O)c3ccsc3n2)c(OC)nc1N1CCC(N2CCN(C)CC2)CC1. The Labute approximate surface area is 296 Å². The van der Waals surface area contributed by atoms with Gasteiger partial charge in [0, 0.05) is 64.8 Å². The highest BCUT2D eigenvalue weighted by Gasteiger charge is 2.29. The summed E-state index contributed by atoms with van der Waals surface area (Å²) in [6.07, 6.45) is 7.32. The van der Waals surface area contributed by atoms with Crippen LogP contribution in [-0.4, -0.2) is 116 Å². The molecule has 264 valence electrons. The largest absolute Gasteiger partial charge is 0.479 e. The summed E-state index contributed by atoms with van der Waals surface area (Å²) in [4.78, 5) is 31.8. The van der Waals surface area contributed by atoms with E-state index < -0.39 is 10.0 Å². The second-order valence-corrected chi connectivity index (χ2v) is 15.7. The van der Waals surface area contributed by atoms with Gasteiger partial charge in [-0.1, -0.05) is 6.92 Å². The van der Waals surface area contributed by atoms with Crippen molar-refractivity contribution < 1.29 is 13.2 Å². The van der Waals surface area contributed by atoms with Crippen LogP contribution in [-0.2, 0) is 16.4 Å². The van der Waals surface area contributed by atoms with E-state index in [0.717, 1.165) is 86.4 Å². The summed E-state index contributed by atoms with van der Waals surface area (Å²) in [6.45, 7) is 8.60. The van der Waals surface area contributed by atoms with Crippen LogP contribution in [0.15, 0.2) is 42.0 Å². The Balaban J connectivity index is 1.18. The van der Waals surface area contributed by atoms with E-state index in [1.807, 2.05) is 11.4 Å². The van der Waals surface area contributed by atoms with Crippen molar-refractivity contribution in [3.63, 3.8) is 0 Å². The molecule has 6 heterocycles. The van der Waals surface area contributed by atoms with Crippen molar-refractivity contribution in [3.8, 4) is 5.88 Å². The van der Waals surface area contributed by atoms with Gasteiger partial charge < -0.3 is 25.2 Å². The first kappa shape index (κ1) is 34.1. The maximum atomic E-state index is 12.7. The molecule has 2 aliphatic rings. The number of aromatic nitrogens is 5. The first-order valence-corrected chi connectivity index (χ1v) is 19.6. The fraction of sp³-hybridized carbons (Fsp3) is 0.441. The molecule has 50 heavy (non-hydrogen) atoms. The number of rotatable bonds is 10. The summed E-state index contributed by atoms with van der Waals surface area (Å²) in [7, 11) is 1.70. The standard InChI is InChI=1S/C34H43N11O3S2/c1-6-22-21-27(32(48-4)40-31(22)45-14-9-23(10-15-45)44-18-16-42(2)17-19-44)38-34-39-30(24-11-20-49-33(24)41-34)37-26-8-7-25-28(36-13-12-35-25)29(26)43(3)50(5,46)47/h7-8,11-13,20-21,23H,6,9-10,14-19H2,1-5H3,(H2,37,38,39,41). The van der Waals surface area contributed by atoms with Crippen molar-refractivity contribution in [2.75, 3.05) is 86.6 Å². The van der Waals surface area contributed by atoms with Crippen molar-refractivity contribution in [2.24, 2.45) is 0 Å². The molecule has 0 atom stereocenters. The second kappa shape index (κ2) is 14.1. The molecule has 2 saturated heterocycles. The highest BCUT2D eigenvalue weighted by atomic mass is 32.2. The lowest BCUT2D eigenvalue weighted by atomic mass is 10.0. The van der Waals surface area contributed by atoms with E-state index in [1.165, 1.54) is 22.7 Å². The van der Waals surface area contributed by atoms with E-state index in [-0.39, 0.29) is 0 Å². The molecule has 14 nitrogen and oxygen atoms in total. The molecule has 0 amide bonds. The van der Waals surface area contributed by atoms with Gasteiger partial charge in [-0.2, -0.15) is 9.97 Å². The number of piperazine rings is 1. The Hall–Kier alpha value is -4.38. The number of hydrogen-bond donors (Lipinski definition) is 2. The van der Waals surface area contributed by atoms with Gasteiger partial charge in [0.25, 0.3) is 0 Å². The molecule has 7 rings (SSSR count). The van der Waals surface area contributed by atoms with Gasteiger partial charge in [-0.05, 0) is 61.5 Å². The second-order valence-electron chi connectivity index (χ2n) is 12.8. The smallest absolute Gasteiger partial charge is 0.239 e. The van der Waals surface area contributed by atoms with Gasteiger partial charge >= 0.3 is 0 Å². The van der Waals surface area contributed by atoms with Gasteiger partial charge in [-0.3, -0.25) is 19.2 Å². The van der Waals surface area contributed by atoms with Gasteiger partial charge in [-0.15, -0.1) is 11.3 Å². The molecule has 0 spiro atoms. The number of methoxy groups -OCH3 is 1. The summed E-state index contributed by atoms with van der Waals surface area (Å²) in [6, 6.07) is 8.23. The minimum Gasteiger partial charge on any atom is -0.479 e. The van der Waals surface area contributed by atoms with Crippen molar-refractivity contribution in [2.45, 2.75) is 32.2 Å². The third-order valence-electron chi connectivity index (χ3n) is 9.69. The van der Waals surface area contributed by atoms with E-state index >= 15 is 0 Å². The van der Waals surface area contributed by atoms with Crippen LogP contribution >= 0.6 is 11.3 Å². The first-order valence-electron chi connectivity index (χ1n) is 16.8. The number of pyridine rings is 1. The number of likely N-dealkylation sites (N-methyl/N-ethyl adjacent to an activating group) is 1. The maximum absolute atomic E-state index is 12.7. The zero-order valence-electron chi connectivity index (χ0n) is 29.0. The van der Waals surface area contributed by atoms with Crippen LogP contribution in [0.1, 0.15) is 25.3 Å². The van der Waals surface area contributed by atoms with Gasteiger partial charge in [0.2, 0.25) is 21.9 Å². The van der Waals surface area contributed by atoms with Crippen LogP contribution in [0.4, 0.5) is 34.6 Å². The lowest BCUT2D eigenvalue weighted by molar-refractivity contribution is 0.0981. The number of ether oxygens (including phenoxy) is 1. The van der Waals surface area contributed by atoms with Gasteiger partial charge in [0.15, 0.2) is 0 Å². The minimum absolute atomic E-state index is 0.351. The van der Waals surface area contributed by atoms with Crippen molar-refractivity contribution in [1.82, 2.24) is 34.7 Å². The molecule has 2 aliphatic heterocycles. The zero-order valence-corrected chi connectivity index (χ0v) is 30.7. The number of thiophene rings is 1. The fourth-order valence-corrected chi connectivity index (χ4v) is 8.08. The molecule has 0 bridgehead atoms. The number of benzene rings is 1. The highest BCUT2D eigenvalue weighted by Crippen LogP contribution is 2.38. The molecular weight excluding hydrogens is 675 g/mol. The molecule has 16 heteroatoms. The highest BCUT2D eigenvalue weighted by molar-refractivity contribution is 7.92. The van der Waals surface area contributed by atoms with E-state index in [9.17, 15) is 8.42 Å². The Morgan fingerprint density at radius 1 is 0.980 bits per heavy atom. The molecule has 5 aromatic rings. The summed E-state index contributed by atoms with van der Waals surface area (Å²) in [5.74, 6) is 2.29. The molecule has 0 saturated carbocycles. The number of aryl methyl sites for hydroxylation is 1. The number of piperidine rings is 1. The topological polar surface area (TPSA) is 145 Å². The third-order valence-corrected chi connectivity index (χ3v) is 11.7. The van der Waals surface area contributed by atoms with Crippen molar-refractivity contribution in [1.29, 1.82) is 0 Å². The summed E-state index contributed by atoms with van der Waals surface area (Å²) in [5, 5.41) is 9.51. The van der Waals surface area contributed by atoms with E-state index in [4.69, 9.17) is 19.7 Å². The summed E-state index contributed by atoms with van der Waals surface area (Å²) >= 11 is 1.48. The first-order chi connectivity index (χ1) is 24.1. The van der Waals surface area contributed by atoms with Gasteiger partial charge in [0.05, 0.1) is 30.0 Å². The number of anilines is 6. The van der Waals surface area contributed by atoms with E-state index in [2.05, 4.69) is 55.3 Å². The third kappa shape index (κ3) is 6.84. The number of fused-ring (bicyclic) bond motifs is 2. The Bertz CT molecular complexity index is 2110. The average molecular weight is 718 g/mol. The number of nitrogens with one attached hydrogen (secondary N) is 2. The summed E-state index contributed by atoms with van der Waals surface area (Å²) < 4.78 is 32.5. The molecule has 0 aliphatic carbocycles. The fourth-order valence-electron chi connectivity index (χ4n) is 6.80. The zero-order chi connectivity index (χ0) is 35.0.